The molecule has 65 heavy (non-hydrogen) atoms. The van der Waals surface area contributed by atoms with Gasteiger partial charge in [0.1, 0.15) is 24.2 Å². The first-order valence-corrected chi connectivity index (χ1v) is 24.3. The van der Waals surface area contributed by atoms with Gasteiger partial charge in [-0.25, -0.2) is 13.2 Å². The molecular weight excluding hydrogens is 859 g/mol. The third-order valence-corrected chi connectivity index (χ3v) is 14.8. The highest BCUT2D eigenvalue weighted by Crippen LogP contribution is 2.35. The molecule has 3 aromatic rings. The Morgan fingerprint density at radius 1 is 0.877 bits per heavy atom. The van der Waals surface area contributed by atoms with Crippen LogP contribution in [0.1, 0.15) is 94.2 Å². The predicted octanol–water partition coefficient (Wildman–Crippen LogP) is 0.446. The van der Waals surface area contributed by atoms with E-state index in [-0.39, 0.29) is 73.1 Å². The summed E-state index contributed by atoms with van der Waals surface area (Å²) >= 11 is 0. The summed E-state index contributed by atoms with van der Waals surface area (Å²) in [5.41, 5.74) is 14.6. The van der Waals surface area contributed by atoms with Gasteiger partial charge in [0.05, 0.1) is 15.9 Å². The van der Waals surface area contributed by atoms with Crippen molar-refractivity contribution in [2.75, 3.05) is 19.3 Å². The van der Waals surface area contributed by atoms with Gasteiger partial charge in [0.25, 0.3) is 0 Å². The summed E-state index contributed by atoms with van der Waals surface area (Å²) in [5.74, 6) is -2.54. The number of imidazole rings is 1. The molecule has 1 unspecified atom stereocenters. The highest BCUT2D eigenvalue weighted by molar-refractivity contribution is 7.90. The van der Waals surface area contributed by atoms with Gasteiger partial charge >= 0.3 is 5.69 Å². The van der Waals surface area contributed by atoms with Crippen molar-refractivity contribution >= 4 is 62.2 Å². The number of aryl methyl sites for hydroxylation is 1. The van der Waals surface area contributed by atoms with E-state index < -0.39 is 63.5 Å². The lowest BCUT2D eigenvalue weighted by Gasteiger charge is -2.38. The van der Waals surface area contributed by atoms with E-state index in [0.717, 1.165) is 49.4 Å². The number of nitrogens with one attached hydrogen (secondary N) is 3. The van der Waals surface area contributed by atoms with Crippen LogP contribution in [0.25, 0.3) is 11.0 Å². The summed E-state index contributed by atoms with van der Waals surface area (Å²) in [4.78, 5) is 107. The van der Waals surface area contributed by atoms with Gasteiger partial charge < -0.3 is 31.9 Å². The van der Waals surface area contributed by atoms with E-state index in [1.165, 1.54) is 21.6 Å². The van der Waals surface area contributed by atoms with Crippen LogP contribution in [0.4, 0.5) is 0 Å². The summed E-state index contributed by atoms with van der Waals surface area (Å²) in [7, 11) is -1.72. The van der Waals surface area contributed by atoms with Crippen LogP contribution in [-0.2, 0) is 63.4 Å². The molecule has 4 fully saturated rings. The van der Waals surface area contributed by atoms with Crippen molar-refractivity contribution < 1.29 is 42.0 Å². The lowest BCUT2D eigenvalue weighted by atomic mass is 9.78. The fraction of sp³-hybridized carbons (Fsp3) is 0.556. The van der Waals surface area contributed by atoms with Gasteiger partial charge in [-0.3, -0.25) is 48.0 Å². The Balaban J connectivity index is 0.901. The highest BCUT2D eigenvalue weighted by atomic mass is 32.2. The van der Waals surface area contributed by atoms with Crippen molar-refractivity contribution in [3.63, 3.8) is 0 Å². The molecule has 7 rings (SSSR count). The lowest BCUT2D eigenvalue weighted by molar-refractivity contribution is -0.145. The van der Waals surface area contributed by atoms with Crippen LogP contribution in [-0.4, -0.2) is 112 Å². The highest BCUT2D eigenvalue weighted by Gasteiger charge is 2.45. The van der Waals surface area contributed by atoms with E-state index in [0.29, 0.717) is 49.2 Å². The number of rotatable bonds is 14. The number of benzene rings is 2. The molecule has 0 spiro atoms. The van der Waals surface area contributed by atoms with E-state index in [9.17, 15) is 46.8 Å². The fourth-order valence-corrected chi connectivity index (χ4v) is 10.6. The average molecular weight is 918 g/mol. The largest absolute Gasteiger partial charge is 0.370 e. The molecule has 3 saturated heterocycles. The Labute approximate surface area is 376 Å². The van der Waals surface area contributed by atoms with Crippen molar-refractivity contribution in [3.8, 4) is 0 Å². The fourth-order valence-electron chi connectivity index (χ4n) is 9.99. The number of fused-ring (bicyclic) bond motifs is 2. The summed E-state index contributed by atoms with van der Waals surface area (Å²) in [5, 5.41) is 7.79. The second kappa shape index (κ2) is 19.7. The summed E-state index contributed by atoms with van der Waals surface area (Å²) in [6.07, 6.45) is 7.30. The summed E-state index contributed by atoms with van der Waals surface area (Å²) in [6, 6.07) is 7.66. The molecule has 19 nitrogen and oxygen atoms in total. The average Bonchev–Trinajstić information content (AvgIpc) is 3.79. The maximum atomic E-state index is 13.9. The van der Waals surface area contributed by atoms with Gasteiger partial charge in [-0.2, -0.15) is 0 Å². The van der Waals surface area contributed by atoms with Crippen LogP contribution in [0.15, 0.2) is 52.2 Å². The first-order chi connectivity index (χ1) is 30.9. The number of amides is 7. The number of hydrogen-bond acceptors (Lipinski definition) is 11. The Hall–Kier alpha value is -5.89. The van der Waals surface area contributed by atoms with Gasteiger partial charge in [-0.15, -0.1) is 0 Å². The maximum absolute atomic E-state index is 13.9. The van der Waals surface area contributed by atoms with E-state index in [1.807, 2.05) is 18.2 Å². The van der Waals surface area contributed by atoms with E-state index in [2.05, 4.69) is 16.0 Å². The van der Waals surface area contributed by atoms with E-state index in [1.54, 1.807) is 28.6 Å². The second-order valence-electron chi connectivity index (χ2n) is 18.2. The molecule has 20 heteroatoms. The second-order valence-corrected chi connectivity index (χ2v) is 20.2. The monoisotopic (exact) mass is 917 g/mol. The number of carbonyl (C=O) groups excluding carboxylic acids is 7. The number of primary amides is 1. The van der Waals surface area contributed by atoms with E-state index >= 15 is 0 Å². The Morgan fingerprint density at radius 3 is 2.25 bits per heavy atom. The molecule has 1 saturated carbocycles. The van der Waals surface area contributed by atoms with Gasteiger partial charge in [0.2, 0.25) is 41.4 Å². The zero-order chi connectivity index (χ0) is 46.7. The standard InChI is InChI=1S/C45H59N9O10S/c1-51-37-22-29(9-14-34(37)54(45(51)62)36-16-18-39(56)50-43(36)60)21-26-3-5-27(6-4-26)23-40(57)52-20-19-30-10-15-35(53(30)44(61)32(46)25-52)42(59)49-33(13-17-38(47)55)41(58)48-24-28-7-11-31(12-8-28)65(2,63)64/h7-9,11-12,14,22,26-27,30,32-33,35-36H,3-6,10,13,15-21,23-25,46H2,1-2H3,(H2,47,55)(H,48,58)(H,49,59)(H,50,56,60)/t26-,27+,30-,32+,33-,35+,36?/m1/s1. The molecular formula is C45H59N9O10S. The third-order valence-electron chi connectivity index (χ3n) is 13.6. The molecule has 1 aromatic heterocycles. The number of carbonyl (C=O) groups is 7. The molecule has 0 radical (unpaired) electrons. The minimum Gasteiger partial charge on any atom is -0.370 e. The zero-order valence-electron chi connectivity index (χ0n) is 36.8. The van der Waals surface area contributed by atoms with Crippen molar-refractivity contribution in [3.05, 3.63) is 64.1 Å². The molecule has 1 aliphatic carbocycles. The first kappa shape index (κ1) is 47.1. The SMILES string of the molecule is Cn1c(=O)n(C2CCC(=O)NC2=O)c2ccc(C[C@H]3CC[C@@H](CC(=O)N4CC[C@H]5CC[C@@H](C(=O)N[C@H](CCC(N)=O)C(=O)NCc6ccc(S(C)(=O)=O)cc6)N5C(=O)[C@@H](N)C4)CC3)cc21. The van der Waals surface area contributed by atoms with Crippen LogP contribution in [0.3, 0.4) is 0 Å². The molecule has 3 aliphatic heterocycles. The molecule has 2 aromatic carbocycles. The Bertz CT molecular complexity index is 2530. The van der Waals surface area contributed by atoms with Gasteiger partial charge in [0.15, 0.2) is 9.84 Å². The summed E-state index contributed by atoms with van der Waals surface area (Å²) < 4.78 is 26.7. The van der Waals surface area contributed by atoms with Crippen LogP contribution >= 0.6 is 0 Å². The molecule has 5 atom stereocenters. The third kappa shape index (κ3) is 10.8. The van der Waals surface area contributed by atoms with Crippen molar-refractivity contribution in [2.45, 2.75) is 125 Å². The van der Waals surface area contributed by atoms with Crippen molar-refractivity contribution in [2.24, 2.45) is 30.4 Å². The first-order valence-electron chi connectivity index (χ1n) is 22.4. The molecule has 4 heterocycles. The van der Waals surface area contributed by atoms with Gasteiger partial charge in [-0.1, -0.05) is 18.2 Å². The summed E-state index contributed by atoms with van der Waals surface area (Å²) in [6.45, 7) is 0.411. The smallest absolute Gasteiger partial charge is 0.329 e. The number of aromatic nitrogens is 2. The van der Waals surface area contributed by atoms with Crippen LogP contribution in [0.2, 0.25) is 0 Å². The minimum absolute atomic E-state index is 0.00955. The van der Waals surface area contributed by atoms with E-state index in [4.69, 9.17) is 11.5 Å². The van der Waals surface area contributed by atoms with Crippen molar-refractivity contribution in [1.29, 1.82) is 0 Å². The Kier molecular flexibility index (Phi) is 14.3. The number of imide groups is 1. The van der Waals surface area contributed by atoms with Crippen LogP contribution in [0, 0.1) is 11.8 Å². The van der Waals surface area contributed by atoms with Crippen LogP contribution < -0.4 is 33.1 Å². The van der Waals surface area contributed by atoms with Crippen molar-refractivity contribution in [1.82, 2.24) is 34.9 Å². The number of hydrogen-bond donors (Lipinski definition) is 5. The zero-order valence-corrected chi connectivity index (χ0v) is 37.6. The number of nitrogens with zero attached hydrogens (tertiary/aromatic N) is 4. The molecule has 4 aliphatic rings. The quantitative estimate of drug-likeness (QED) is 0.139. The minimum atomic E-state index is -3.40. The molecule has 7 N–H and O–H groups in total. The normalized spacial score (nSPS) is 24.4. The predicted molar refractivity (Wildman–Crippen MR) is 237 cm³/mol. The number of sulfone groups is 1. The topological polar surface area (TPSA) is 275 Å². The lowest BCUT2D eigenvalue weighted by Crippen LogP contribution is -2.60. The maximum Gasteiger partial charge on any atom is 0.329 e. The van der Waals surface area contributed by atoms with Gasteiger partial charge in [-0.05, 0) is 111 Å². The number of piperidine rings is 1. The van der Waals surface area contributed by atoms with Crippen LogP contribution in [0.5, 0.6) is 0 Å². The Morgan fingerprint density at radius 2 is 1.57 bits per heavy atom. The van der Waals surface area contributed by atoms with Gasteiger partial charge in [0, 0.05) is 58.2 Å². The molecule has 350 valence electrons. The molecule has 0 bridgehead atoms. The molecule has 7 amide bonds. The number of nitrogens with two attached hydrogens (primary N) is 2.